The molecule has 1 aliphatic heterocycles. The van der Waals surface area contributed by atoms with E-state index >= 15 is 0 Å². The van der Waals surface area contributed by atoms with Crippen LogP contribution in [0, 0.1) is 0 Å². The number of anilines is 1. The number of benzene rings is 2. The van der Waals surface area contributed by atoms with Gasteiger partial charge in [-0.2, -0.15) is 0 Å². The van der Waals surface area contributed by atoms with Crippen LogP contribution in [0.2, 0.25) is 5.02 Å². The zero-order chi connectivity index (χ0) is 23.2. The van der Waals surface area contributed by atoms with Gasteiger partial charge in [0.2, 0.25) is 0 Å². The van der Waals surface area contributed by atoms with Crippen LogP contribution in [0.1, 0.15) is 25.6 Å². The summed E-state index contributed by atoms with van der Waals surface area (Å²) in [5.74, 6) is 0.581. The molecule has 2 aromatic carbocycles. The Morgan fingerprint density at radius 2 is 1.82 bits per heavy atom. The Labute approximate surface area is 202 Å². The van der Waals surface area contributed by atoms with E-state index in [2.05, 4.69) is 22.3 Å². The highest BCUT2D eigenvalue weighted by molar-refractivity contribution is 7.12. The molecule has 0 aliphatic carbocycles. The van der Waals surface area contributed by atoms with E-state index in [4.69, 9.17) is 16.3 Å². The summed E-state index contributed by atoms with van der Waals surface area (Å²) in [6.07, 6.45) is 0.961. The fourth-order valence-electron chi connectivity index (χ4n) is 3.78. The first-order valence-electron chi connectivity index (χ1n) is 10.8. The predicted octanol–water partition coefficient (Wildman–Crippen LogP) is 4.66. The number of hydrogen-bond acceptors (Lipinski definition) is 5. The summed E-state index contributed by atoms with van der Waals surface area (Å²) in [5, 5.41) is 5.05. The largest absolute Gasteiger partial charge is 0.497 e. The Hall–Kier alpha value is -2.87. The SMILES string of the molecule is COc1ccc(CCN2CCN(C(=O)c3ccc(Cl)c(NC(=O)c4cccs4)c3)CC2)cc1. The van der Waals surface area contributed by atoms with Crippen LogP contribution in [0.15, 0.2) is 60.0 Å². The minimum absolute atomic E-state index is 0.0481. The molecule has 2 heterocycles. The molecular formula is C25H26ClN3O3S. The molecule has 1 N–H and O–H groups in total. The summed E-state index contributed by atoms with van der Waals surface area (Å²) < 4.78 is 5.21. The number of carbonyl (C=O) groups is 2. The van der Waals surface area contributed by atoms with Crippen LogP contribution in [0.25, 0.3) is 0 Å². The third-order valence-corrected chi connectivity index (χ3v) is 6.94. The first-order valence-corrected chi connectivity index (χ1v) is 12.1. The van der Waals surface area contributed by atoms with Crippen molar-refractivity contribution in [2.75, 3.05) is 45.2 Å². The second-order valence-corrected chi connectivity index (χ2v) is 9.21. The lowest BCUT2D eigenvalue weighted by Crippen LogP contribution is -2.49. The number of thiophene rings is 1. The zero-order valence-corrected chi connectivity index (χ0v) is 20.0. The average Bonchev–Trinajstić information content (AvgIpc) is 3.40. The van der Waals surface area contributed by atoms with Gasteiger partial charge in [0.05, 0.1) is 22.7 Å². The van der Waals surface area contributed by atoms with Crippen LogP contribution in [0.4, 0.5) is 5.69 Å². The summed E-state index contributed by atoms with van der Waals surface area (Å²) in [6.45, 7) is 3.95. The molecule has 0 radical (unpaired) electrons. The van der Waals surface area contributed by atoms with Crippen molar-refractivity contribution in [2.45, 2.75) is 6.42 Å². The topological polar surface area (TPSA) is 61.9 Å². The average molecular weight is 484 g/mol. The van der Waals surface area contributed by atoms with E-state index in [0.717, 1.165) is 31.8 Å². The van der Waals surface area contributed by atoms with E-state index in [-0.39, 0.29) is 11.8 Å². The molecule has 1 fully saturated rings. The van der Waals surface area contributed by atoms with Gasteiger partial charge in [-0.15, -0.1) is 11.3 Å². The molecule has 8 heteroatoms. The number of amides is 2. The van der Waals surface area contributed by atoms with Crippen LogP contribution in [-0.4, -0.2) is 61.4 Å². The van der Waals surface area contributed by atoms with Gasteiger partial charge >= 0.3 is 0 Å². The molecule has 6 nitrogen and oxygen atoms in total. The van der Waals surface area contributed by atoms with E-state index in [0.29, 0.717) is 34.2 Å². The molecule has 4 rings (SSSR count). The van der Waals surface area contributed by atoms with Gasteiger partial charge < -0.3 is 15.0 Å². The minimum Gasteiger partial charge on any atom is -0.497 e. The van der Waals surface area contributed by atoms with Crippen LogP contribution in [0.3, 0.4) is 0 Å². The second kappa shape index (κ2) is 10.8. The molecule has 33 heavy (non-hydrogen) atoms. The van der Waals surface area contributed by atoms with Crippen LogP contribution in [-0.2, 0) is 6.42 Å². The molecular weight excluding hydrogens is 458 g/mol. The van der Waals surface area contributed by atoms with Crippen LogP contribution >= 0.6 is 22.9 Å². The lowest BCUT2D eigenvalue weighted by atomic mass is 10.1. The predicted molar refractivity (Wildman–Crippen MR) is 133 cm³/mol. The van der Waals surface area contributed by atoms with Crippen LogP contribution in [0.5, 0.6) is 5.75 Å². The number of nitrogens with one attached hydrogen (secondary N) is 1. The third kappa shape index (κ3) is 5.93. The van der Waals surface area contributed by atoms with E-state index in [1.54, 1.807) is 31.4 Å². The van der Waals surface area contributed by atoms with Crippen molar-refractivity contribution in [2.24, 2.45) is 0 Å². The van der Waals surface area contributed by atoms with Gasteiger partial charge in [-0.25, -0.2) is 0 Å². The lowest BCUT2D eigenvalue weighted by molar-refractivity contribution is 0.0638. The number of carbonyl (C=O) groups excluding carboxylic acids is 2. The number of piperazine rings is 1. The Morgan fingerprint density at radius 3 is 2.48 bits per heavy atom. The Bertz CT molecular complexity index is 1090. The van der Waals surface area contributed by atoms with Gasteiger partial charge in [0.1, 0.15) is 5.75 Å². The first kappa shape index (κ1) is 23.3. The molecule has 1 aliphatic rings. The summed E-state index contributed by atoms with van der Waals surface area (Å²) in [6, 6.07) is 16.7. The van der Waals surface area contributed by atoms with Crippen molar-refractivity contribution in [1.82, 2.24) is 9.80 Å². The molecule has 1 saturated heterocycles. The van der Waals surface area contributed by atoms with Crippen molar-refractivity contribution in [3.8, 4) is 5.75 Å². The Balaban J connectivity index is 1.31. The summed E-state index contributed by atoms with van der Waals surface area (Å²) in [5.41, 5.74) is 2.24. The van der Waals surface area contributed by atoms with Crippen molar-refractivity contribution in [1.29, 1.82) is 0 Å². The van der Waals surface area contributed by atoms with Crippen molar-refractivity contribution < 1.29 is 14.3 Å². The third-order valence-electron chi connectivity index (χ3n) is 5.74. The van der Waals surface area contributed by atoms with E-state index < -0.39 is 0 Å². The van der Waals surface area contributed by atoms with E-state index in [9.17, 15) is 9.59 Å². The van der Waals surface area contributed by atoms with Crippen molar-refractivity contribution in [3.05, 3.63) is 81.0 Å². The number of ether oxygens (including phenoxy) is 1. The number of rotatable bonds is 7. The molecule has 0 atom stereocenters. The van der Waals surface area contributed by atoms with Gasteiger partial charge in [0.25, 0.3) is 11.8 Å². The molecule has 0 spiro atoms. The second-order valence-electron chi connectivity index (χ2n) is 7.86. The molecule has 3 aromatic rings. The quantitative estimate of drug-likeness (QED) is 0.530. The monoisotopic (exact) mass is 483 g/mol. The summed E-state index contributed by atoms with van der Waals surface area (Å²) in [4.78, 5) is 30.3. The Morgan fingerprint density at radius 1 is 1.06 bits per heavy atom. The zero-order valence-electron chi connectivity index (χ0n) is 18.4. The van der Waals surface area contributed by atoms with Crippen LogP contribution < -0.4 is 10.1 Å². The fraction of sp³-hybridized carbons (Fsp3) is 0.280. The number of nitrogens with zero attached hydrogens (tertiary/aromatic N) is 2. The van der Waals surface area contributed by atoms with Gasteiger partial charge in [0, 0.05) is 38.3 Å². The normalized spacial score (nSPS) is 14.2. The van der Waals surface area contributed by atoms with E-state index in [1.165, 1.54) is 16.9 Å². The summed E-state index contributed by atoms with van der Waals surface area (Å²) in [7, 11) is 1.67. The highest BCUT2D eigenvalue weighted by atomic mass is 35.5. The van der Waals surface area contributed by atoms with E-state index in [1.807, 2.05) is 28.5 Å². The molecule has 0 saturated carbocycles. The van der Waals surface area contributed by atoms with Crippen molar-refractivity contribution >= 4 is 40.4 Å². The number of hydrogen-bond donors (Lipinski definition) is 1. The maximum Gasteiger partial charge on any atom is 0.265 e. The van der Waals surface area contributed by atoms with Crippen molar-refractivity contribution in [3.63, 3.8) is 0 Å². The molecule has 0 unspecified atom stereocenters. The minimum atomic E-state index is -0.234. The molecule has 1 aromatic heterocycles. The van der Waals surface area contributed by atoms with Gasteiger partial charge in [-0.1, -0.05) is 29.8 Å². The van der Waals surface area contributed by atoms with Gasteiger partial charge in [0.15, 0.2) is 0 Å². The van der Waals surface area contributed by atoms with Gasteiger partial charge in [-0.05, 0) is 53.8 Å². The first-order chi connectivity index (χ1) is 16.0. The number of methoxy groups -OCH3 is 1. The molecule has 172 valence electrons. The maximum atomic E-state index is 13.1. The highest BCUT2D eigenvalue weighted by Gasteiger charge is 2.23. The Kier molecular flexibility index (Phi) is 7.65. The molecule has 2 amide bonds. The lowest BCUT2D eigenvalue weighted by Gasteiger charge is -2.35. The molecule has 0 bridgehead atoms. The fourth-order valence-corrected chi connectivity index (χ4v) is 4.57. The smallest absolute Gasteiger partial charge is 0.265 e. The standard InChI is InChI=1S/C25H26ClN3O3S/c1-32-20-7-4-18(5-8-20)10-11-28-12-14-29(15-13-28)25(31)19-6-9-21(26)22(17-19)27-24(30)23-3-2-16-33-23/h2-9,16-17H,10-15H2,1H3,(H,27,30). The number of halogens is 1. The van der Waals surface area contributed by atoms with Gasteiger partial charge in [-0.3, -0.25) is 14.5 Å². The highest BCUT2D eigenvalue weighted by Crippen LogP contribution is 2.25. The maximum absolute atomic E-state index is 13.1. The summed E-state index contributed by atoms with van der Waals surface area (Å²) >= 11 is 7.62.